The Morgan fingerprint density at radius 2 is 1.43 bits per heavy atom. The zero-order valence-corrected chi connectivity index (χ0v) is 24.5. The highest BCUT2D eigenvalue weighted by Crippen LogP contribution is 2.31. The van der Waals surface area contributed by atoms with E-state index < -0.39 is 38.3 Å². The van der Waals surface area contributed by atoms with Gasteiger partial charge in [0.05, 0.1) is 35.4 Å². The molecule has 42 heavy (non-hydrogen) atoms. The van der Waals surface area contributed by atoms with Crippen LogP contribution < -0.4 is 23.8 Å². The van der Waals surface area contributed by atoms with E-state index in [1.54, 1.807) is 36.4 Å². The molecule has 0 atom stereocenters. The number of benzene rings is 4. The average Bonchev–Trinajstić information content (AvgIpc) is 2.96. The number of nitrogens with zero attached hydrogens (tertiary/aromatic N) is 1. The molecule has 2 N–H and O–H groups in total. The Hall–Kier alpha value is -4.62. The Morgan fingerprint density at radius 3 is 2.02 bits per heavy atom. The minimum absolute atomic E-state index is 0.0921. The van der Waals surface area contributed by atoms with Crippen LogP contribution in [0.25, 0.3) is 0 Å². The van der Waals surface area contributed by atoms with Gasteiger partial charge in [-0.1, -0.05) is 17.7 Å². The van der Waals surface area contributed by atoms with Gasteiger partial charge >= 0.3 is 0 Å². The molecule has 0 saturated carbocycles. The number of ether oxygens (including phenoxy) is 2. The summed E-state index contributed by atoms with van der Waals surface area (Å²) in [6.45, 7) is 1.24. The molecule has 220 valence electrons. The molecule has 0 unspecified atom stereocenters. The molecule has 4 rings (SSSR count). The van der Waals surface area contributed by atoms with Gasteiger partial charge in [-0.3, -0.25) is 13.8 Å². The normalized spacial score (nSPS) is 11.4. The van der Waals surface area contributed by atoms with Gasteiger partial charge in [0.15, 0.2) is 0 Å². The molecule has 0 fully saturated rings. The highest BCUT2D eigenvalue weighted by Gasteiger charge is 2.27. The highest BCUT2D eigenvalue weighted by molar-refractivity contribution is 7.93. The van der Waals surface area contributed by atoms with Crippen LogP contribution in [-0.2, 0) is 24.8 Å². The summed E-state index contributed by atoms with van der Waals surface area (Å²) in [5.74, 6) is -0.572. The van der Waals surface area contributed by atoms with E-state index in [4.69, 9.17) is 9.47 Å². The van der Waals surface area contributed by atoms with Crippen molar-refractivity contribution in [2.75, 3.05) is 35.1 Å². The summed E-state index contributed by atoms with van der Waals surface area (Å²) in [6.07, 6.45) is 0. The summed E-state index contributed by atoms with van der Waals surface area (Å²) >= 11 is 0. The molecule has 1 amide bonds. The van der Waals surface area contributed by atoms with Crippen molar-refractivity contribution in [3.8, 4) is 11.5 Å². The van der Waals surface area contributed by atoms with Crippen molar-refractivity contribution in [3.63, 3.8) is 0 Å². The topological polar surface area (TPSA) is 131 Å². The first-order valence-corrected chi connectivity index (χ1v) is 15.3. The van der Waals surface area contributed by atoms with Crippen LogP contribution in [0.4, 0.5) is 21.5 Å². The van der Waals surface area contributed by atoms with Crippen molar-refractivity contribution >= 4 is 43.0 Å². The second-order valence-electron chi connectivity index (χ2n) is 9.05. The Bertz CT molecular complexity index is 1780. The van der Waals surface area contributed by atoms with Crippen LogP contribution in [0.3, 0.4) is 0 Å². The molecule has 0 aromatic heterocycles. The third-order valence-electron chi connectivity index (χ3n) is 6.11. The smallest absolute Gasteiger partial charge is 0.264 e. The van der Waals surface area contributed by atoms with E-state index in [1.165, 1.54) is 44.6 Å². The fourth-order valence-corrected chi connectivity index (χ4v) is 6.39. The van der Waals surface area contributed by atoms with Gasteiger partial charge in [0.2, 0.25) is 5.91 Å². The molecule has 0 heterocycles. The zero-order valence-electron chi connectivity index (χ0n) is 22.9. The molecular formula is C29H28FN3O7S2. The van der Waals surface area contributed by atoms with Crippen LogP contribution in [0.2, 0.25) is 0 Å². The van der Waals surface area contributed by atoms with Crippen LogP contribution in [0, 0.1) is 12.7 Å². The SMILES string of the molecule is COc1ccc(OC)c(NS(=O)(=O)c2ccc(NC(=O)CN(c3ccc(C)cc3)S(=O)(=O)c3ccc(F)cc3)cc2)c1. The predicted octanol–water partition coefficient (Wildman–Crippen LogP) is 4.79. The van der Waals surface area contributed by atoms with E-state index in [-0.39, 0.29) is 32.6 Å². The van der Waals surface area contributed by atoms with Crippen LogP contribution in [0.5, 0.6) is 11.5 Å². The largest absolute Gasteiger partial charge is 0.497 e. The number of carbonyl (C=O) groups is 1. The number of nitrogens with one attached hydrogen (secondary N) is 2. The first-order chi connectivity index (χ1) is 19.9. The fourth-order valence-electron chi connectivity index (χ4n) is 3.91. The van der Waals surface area contributed by atoms with Gasteiger partial charge in [0, 0.05) is 11.8 Å². The number of halogens is 1. The number of hydrogen-bond acceptors (Lipinski definition) is 7. The van der Waals surface area contributed by atoms with Crippen molar-refractivity contribution in [3.05, 3.63) is 102 Å². The summed E-state index contributed by atoms with van der Waals surface area (Å²) in [6, 6.07) is 20.8. The van der Waals surface area contributed by atoms with E-state index in [0.717, 1.165) is 34.1 Å². The number of rotatable bonds is 11. The predicted molar refractivity (Wildman–Crippen MR) is 158 cm³/mol. The van der Waals surface area contributed by atoms with Crippen molar-refractivity contribution in [1.82, 2.24) is 0 Å². The summed E-state index contributed by atoms with van der Waals surface area (Å²) in [4.78, 5) is 12.7. The van der Waals surface area contributed by atoms with Crippen molar-refractivity contribution < 1.29 is 35.5 Å². The minimum Gasteiger partial charge on any atom is -0.497 e. The second kappa shape index (κ2) is 12.5. The maximum absolute atomic E-state index is 13.4. The molecular weight excluding hydrogens is 585 g/mol. The summed E-state index contributed by atoms with van der Waals surface area (Å²) in [5.41, 5.74) is 1.53. The van der Waals surface area contributed by atoms with Gasteiger partial charge in [-0.2, -0.15) is 0 Å². The Balaban J connectivity index is 1.53. The molecule has 13 heteroatoms. The number of anilines is 3. The molecule has 0 radical (unpaired) electrons. The lowest BCUT2D eigenvalue weighted by atomic mass is 10.2. The first kappa shape index (κ1) is 30.3. The number of methoxy groups -OCH3 is 2. The number of sulfonamides is 2. The van der Waals surface area contributed by atoms with E-state index in [0.29, 0.717) is 5.75 Å². The lowest BCUT2D eigenvalue weighted by Crippen LogP contribution is -2.38. The third-order valence-corrected chi connectivity index (χ3v) is 9.28. The maximum Gasteiger partial charge on any atom is 0.264 e. The molecule has 0 aliphatic heterocycles. The molecule has 0 saturated heterocycles. The number of hydrogen-bond donors (Lipinski definition) is 2. The number of aryl methyl sites for hydroxylation is 1. The highest BCUT2D eigenvalue weighted by atomic mass is 32.2. The monoisotopic (exact) mass is 613 g/mol. The summed E-state index contributed by atoms with van der Waals surface area (Å²) in [5, 5.41) is 2.59. The van der Waals surface area contributed by atoms with Gasteiger partial charge < -0.3 is 14.8 Å². The number of carbonyl (C=O) groups excluding carboxylic acids is 1. The van der Waals surface area contributed by atoms with Gasteiger partial charge in [0.1, 0.15) is 23.9 Å². The van der Waals surface area contributed by atoms with Crippen molar-refractivity contribution in [1.29, 1.82) is 0 Å². The van der Waals surface area contributed by atoms with E-state index >= 15 is 0 Å². The zero-order chi connectivity index (χ0) is 30.5. The van der Waals surface area contributed by atoms with Crippen LogP contribution in [0.1, 0.15) is 5.56 Å². The maximum atomic E-state index is 13.4. The second-order valence-corrected chi connectivity index (χ2v) is 12.6. The van der Waals surface area contributed by atoms with Gasteiger partial charge in [-0.15, -0.1) is 0 Å². The summed E-state index contributed by atoms with van der Waals surface area (Å²) < 4.78 is 80.1. The standard InChI is InChI=1S/C29H28FN3O7S2/c1-20-4-10-23(11-5-20)33(42(37,38)26-13-6-21(30)7-14-26)19-29(34)31-22-8-15-25(16-9-22)41(35,36)32-27-18-24(39-2)12-17-28(27)40-3/h4-18,32H,19H2,1-3H3,(H,31,34). The van der Waals surface area contributed by atoms with E-state index in [9.17, 15) is 26.0 Å². The average molecular weight is 614 g/mol. The molecule has 4 aromatic carbocycles. The Kier molecular flexibility index (Phi) is 9.02. The quantitative estimate of drug-likeness (QED) is 0.249. The lowest BCUT2D eigenvalue weighted by Gasteiger charge is -2.24. The van der Waals surface area contributed by atoms with Gasteiger partial charge in [0.25, 0.3) is 20.0 Å². The molecule has 0 aliphatic rings. The minimum atomic E-state index is -4.24. The molecule has 0 aliphatic carbocycles. The fraction of sp³-hybridized carbons (Fsp3) is 0.138. The Morgan fingerprint density at radius 1 is 0.810 bits per heavy atom. The van der Waals surface area contributed by atoms with Crippen LogP contribution in [0.15, 0.2) is 101 Å². The van der Waals surface area contributed by atoms with Crippen LogP contribution >= 0.6 is 0 Å². The van der Waals surface area contributed by atoms with Crippen molar-refractivity contribution in [2.24, 2.45) is 0 Å². The molecule has 10 nitrogen and oxygen atoms in total. The summed E-state index contributed by atoms with van der Waals surface area (Å²) in [7, 11) is -5.42. The molecule has 0 spiro atoms. The van der Waals surface area contributed by atoms with Crippen molar-refractivity contribution in [2.45, 2.75) is 16.7 Å². The lowest BCUT2D eigenvalue weighted by molar-refractivity contribution is -0.114. The van der Waals surface area contributed by atoms with Crippen LogP contribution in [-0.4, -0.2) is 43.5 Å². The molecule has 4 aromatic rings. The van der Waals surface area contributed by atoms with E-state index in [1.807, 2.05) is 6.92 Å². The van der Waals surface area contributed by atoms with Gasteiger partial charge in [-0.05, 0) is 79.7 Å². The number of amides is 1. The third kappa shape index (κ3) is 6.98. The van der Waals surface area contributed by atoms with Gasteiger partial charge in [-0.25, -0.2) is 21.2 Å². The molecule has 0 bridgehead atoms. The first-order valence-electron chi connectivity index (χ1n) is 12.4. The van der Waals surface area contributed by atoms with E-state index in [2.05, 4.69) is 10.0 Å². The Labute approximate surface area is 243 Å².